The Bertz CT molecular complexity index is 802. The summed E-state index contributed by atoms with van der Waals surface area (Å²) in [6.45, 7) is 1.49. The number of carbonyl (C=O) groups excluding carboxylic acids is 1. The summed E-state index contributed by atoms with van der Waals surface area (Å²) in [5.41, 5.74) is -0.0793. The van der Waals surface area contributed by atoms with Crippen LogP contribution in [0.15, 0.2) is 23.1 Å². The number of rotatable bonds is 3. The average molecular weight is 354 g/mol. The minimum Gasteiger partial charge on any atom is -0.495 e. The number of nitrogens with zero attached hydrogens (tertiary/aromatic N) is 1. The number of halogens is 1. The number of carbonyl (C=O) groups is 1. The van der Waals surface area contributed by atoms with Gasteiger partial charge >= 0.3 is 0 Å². The summed E-state index contributed by atoms with van der Waals surface area (Å²) in [7, 11) is -1.42. The summed E-state index contributed by atoms with van der Waals surface area (Å²) >= 11 is 0. The average Bonchev–Trinajstić information content (AvgIpc) is 2.56. The van der Waals surface area contributed by atoms with Crippen LogP contribution in [0.5, 0.6) is 5.75 Å². The maximum atomic E-state index is 12.0. The zero-order valence-electron chi connectivity index (χ0n) is 11.1. The Morgan fingerprint density at radius 1 is 1.38 bits per heavy atom. The van der Waals surface area contributed by atoms with Gasteiger partial charge < -0.3 is 4.74 Å². The van der Waals surface area contributed by atoms with E-state index in [1.807, 2.05) is 0 Å². The minimum atomic E-state index is -4.15. The number of sulfonamides is 1. The summed E-state index contributed by atoms with van der Waals surface area (Å²) in [6, 6.07) is 3.54. The van der Waals surface area contributed by atoms with E-state index in [4.69, 9.17) is 15.4 Å². The molecule has 116 valence electrons. The van der Waals surface area contributed by atoms with E-state index in [1.54, 1.807) is 0 Å². The van der Waals surface area contributed by atoms with E-state index in [9.17, 15) is 21.6 Å². The maximum absolute atomic E-state index is 12.0. The molecule has 1 heterocycles. The highest BCUT2D eigenvalue weighted by Crippen LogP contribution is 2.34. The van der Waals surface area contributed by atoms with Crippen LogP contribution >= 0.6 is 10.7 Å². The quantitative estimate of drug-likeness (QED) is 0.750. The monoisotopic (exact) mass is 353 g/mol. The van der Waals surface area contributed by atoms with Crippen LogP contribution in [0.3, 0.4) is 0 Å². The molecule has 1 unspecified atom stereocenters. The van der Waals surface area contributed by atoms with Crippen LogP contribution in [0.4, 0.5) is 5.69 Å². The second-order valence-electron chi connectivity index (χ2n) is 4.56. The predicted molar refractivity (Wildman–Crippen MR) is 76.5 cm³/mol. The van der Waals surface area contributed by atoms with Crippen molar-refractivity contribution in [1.29, 1.82) is 0 Å². The molecule has 0 saturated carbocycles. The standard InChI is InChI=1S/C11H12ClNO6S2/c1-7-6-20(15,16)13(11(7)14)8-3-4-9(19-2)10(5-8)21(12,17)18/h3-5,7H,6H2,1-2H3. The fraction of sp³-hybridized carbons (Fsp3) is 0.364. The predicted octanol–water partition coefficient (Wildman–Crippen LogP) is 0.935. The summed E-state index contributed by atoms with van der Waals surface area (Å²) in [4.78, 5) is 11.6. The van der Waals surface area contributed by atoms with E-state index >= 15 is 0 Å². The Morgan fingerprint density at radius 2 is 2.00 bits per heavy atom. The third-order valence-electron chi connectivity index (χ3n) is 3.00. The zero-order valence-corrected chi connectivity index (χ0v) is 13.5. The molecule has 1 amide bonds. The van der Waals surface area contributed by atoms with Gasteiger partial charge in [-0.15, -0.1) is 0 Å². The molecule has 0 radical (unpaired) electrons. The zero-order chi connectivity index (χ0) is 16.0. The van der Waals surface area contributed by atoms with Crippen molar-refractivity contribution in [1.82, 2.24) is 0 Å². The van der Waals surface area contributed by atoms with Gasteiger partial charge in [-0.2, -0.15) is 0 Å². The first-order valence-electron chi connectivity index (χ1n) is 5.77. The van der Waals surface area contributed by atoms with Crippen molar-refractivity contribution in [3.63, 3.8) is 0 Å². The van der Waals surface area contributed by atoms with Crippen LogP contribution < -0.4 is 9.04 Å². The van der Waals surface area contributed by atoms with Crippen molar-refractivity contribution in [3.8, 4) is 5.75 Å². The number of anilines is 1. The molecule has 1 aliphatic rings. The molecule has 2 rings (SSSR count). The Balaban J connectivity index is 2.64. The molecule has 1 fully saturated rings. The van der Waals surface area contributed by atoms with Crippen molar-refractivity contribution in [2.24, 2.45) is 5.92 Å². The van der Waals surface area contributed by atoms with E-state index in [2.05, 4.69) is 0 Å². The lowest BCUT2D eigenvalue weighted by Gasteiger charge is -2.17. The number of ether oxygens (including phenoxy) is 1. The van der Waals surface area contributed by atoms with Crippen molar-refractivity contribution in [2.75, 3.05) is 17.2 Å². The van der Waals surface area contributed by atoms with Gasteiger partial charge in [0.15, 0.2) is 0 Å². The van der Waals surface area contributed by atoms with Crippen LogP contribution in [-0.4, -0.2) is 35.6 Å². The van der Waals surface area contributed by atoms with Gasteiger partial charge in [0.05, 0.1) is 24.5 Å². The van der Waals surface area contributed by atoms with Gasteiger partial charge in [0.25, 0.3) is 9.05 Å². The summed E-state index contributed by atoms with van der Waals surface area (Å²) in [6.07, 6.45) is 0. The molecular weight excluding hydrogens is 342 g/mol. The van der Waals surface area contributed by atoms with Crippen molar-refractivity contribution in [2.45, 2.75) is 11.8 Å². The third kappa shape index (κ3) is 2.85. The van der Waals surface area contributed by atoms with E-state index in [0.29, 0.717) is 4.31 Å². The molecule has 1 aromatic rings. The fourth-order valence-corrected chi connectivity index (χ4v) is 4.90. The molecule has 1 aliphatic heterocycles. The highest BCUT2D eigenvalue weighted by atomic mass is 35.7. The van der Waals surface area contributed by atoms with E-state index in [0.717, 1.165) is 6.07 Å². The Kier molecular flexibility index (Phi) is 3.94. The van der Waals surface area contributed by atoms with E-state index in [1.165, 1.54) is 26.2 Å². The number of hydrogen-bond acceptors (Lipinski definition) is 6. The Morgan fingerprint density at radius 3 is 2.43 bits per heavy atom. The first kappa shape index (κ1) is 16.1. The summed E-state index contributed by atoms with van der Waals surface area (Å²) < 4.78 is 52.5. The van der Waals surface area contributed by atoms with Gasteiger partial charge in [-0.05, 0) is 18.2 Å². The van der Waals surface area contributed by atoms with Crippen LogP contribution in [0.25, 0.3) is 0 Å². The second kappa shape index (κ2) is 5.15. The van der Waals surface area contributed by atoms with Gasteiger partial charge in [-0.25, -0.2) is 21.1 Å². The number of methoxy groups -OCH3 is 1. The first-order valence-corrected chi connectivity index (χ1v) is 9.69. The van der Waals surface area contributed by atoms with Gasteiger partial charge in [-0.1, -0.05) is 6.92 Å². The topological polar surface area (TPSA) is 97.8 Å². The molecule has 1 aromatic carbocycles. The van der Waals surface area contributed by atoms with Crippen molar-refractivity contribution < 1.29 is 26.4 Å². The van der Waals surface area contributed by atoms with Gasteiger partial charge in [0.1, 0.15) is 10.6 Å². The first-order chi connectivity index (χ1) is 9.58. The number of hydrogen-bond donors (Lipinski definition) is 0. The molecule has 0 bridgehead atoms. The Labute approximate surface area is 126 Å². The summed E-state index contributed by atoms with van der Waals surface area (Å²) in [5, 5.41) is 0. The van der Waals surface area contributed by atoms with Gasteiger partial charge in [0, 0.05) is 10.7 Å². The highest BCUT2D eigenvalue weighted by Gasteiger charge is 2.42. The normalized spacial score (nSPS) is 21.6. The highest BCUT2D eigenvalue weighted by molar-refractivity contribution is 8.13. The molecule has 0 aliphatic carbocycles. The van der Waals surface area contributed by atoms with Crippen molar-refractivity contribution >= 4 is 41.4 Å². The van der Waals surface area contributed by atoms with Gasteiger partial charge in [0.2, 0.25) is 15.9 Å². The Hall–Kier alpha value is -1.32. The lowest BCUT2D eigenvalue weighted by Crippen LogP contribution is -2.30. The molecule has 0 N–H and O–H groups in total. The fourth-order valence-electron chi connectivity index (χ4n) is 2.07. The molecule has 21 heavy (non-hydrogen) atoms. The lowest BCUT2D eigenvalue weighted by atomic mass is 10.2. The lowest BCUT2D eigenvalue weighted by molar-refractivity contribution is -0.119. The summed E-state index contributed by atoms with van der Waals surface area (Å²) in [5.74, 6) is -1.65. The SMILES string of the molecule is COc1ccc(N2C(=O)C(C)CS2(=O)=O)cc1S(=O)(=O)Cl. The number of benzene rings is 1. The maximum Gasteiger partial charge on any atom is 0.265 e. The van der Waals surface area contributed by atoms with E-state index in [-0.39, 0.29) is 17.2 Å². The van der Waals surface area contributed by atoms with Crippen LogP contribution in [0.1, 0.15) is 6.92 Å². The van der Waals surface area contributed by atoms with E-state index < -0.39 is 35.8 Å². The molecule has 10 heteroatoms. The third-order valence-corrected chi connectivity index (χ3v) is 6.22. The van der Waals surface area contributed by atoms with Gasteiger partial charge in [-0.3, -0.25) is 4.79 Å². The smallest absolute Gasteiger partial charge is 0.265 e. The van der Waals surface area contributed by atoms with Crippen LogP contribution in [0.2, 0.25) is 0 Å². The minimum absolute atomic E-state index is 0.0363. The molecule has 0 aromatic heterocycles. The molecule has 0 spiro atoms. The second-order valence-corrected chi connectivity index (χ2v) is 8.95. The number of amides is 1. The molecule has 1 saturated heterocycles. The molecule has 1 atom stereocenters. The largest absolute Gasteiger partial charge is 0.495 e. The molecule has 7 nitrogen and oxygen atoms in total. The van der Waals surface area contributed by atoms with Crippen LogP contribution in [0, 0.1) is 5.92 Å². The van der Waals surface area contributed by atoms with Crippen molar-refractivity contribution in [3.05, 3.63) is 18.2 Å². The van der Waals surface area contributed by atoms with Crippen LogP contribution in [-0.2, 0) is 23.9 Å². The molecular formula is C11H12ClNO6S2.